The minimum absolute atomic E-state index is 0. The summed E-state index contributed by atoms with van der Waals surface area (Å²) in [6, 6.07) is 23.7. The number of aliphatic hydroxyl groups excluding tert-OH is 3. The van der Waals surface area contributed by atoms with Gasteiger partial charge in [0.1, 0.15) is 82.0 Å². The Morgan fingerprint density at radius 2 is 1.18 bits per heavy atom. The Morgan fingerprint density at radius 1 is 0.719 bits per heavy atom. The quantitative estimate of drug-likeness (QED) is 0.0242. The molecule has 4 saturated heterocycles. The average molecular weight is 1490 g/mol. The van der Waals surface area contributed by atoms with E-state index in [1.54, 1.807) is 51.1 Å². The van der Waals surface area contributed by atoms with Crippen LogP contribution in [0.1, 0.15) is 88.3 Å². The van der Waals surface area contributed by atoms with Crippen LogP contribution >= 0.6 is 15.6 Å². The number of para-hydroxylation sites is 3. The number of esters is 3. The van der Waals surface area contributed by atoms with Crippen molar-refractivity contribution in [2.45, 2.75) is 81.7 Å². The first kappa shape index (κ1) is 67.4. The van der Waals surface area contributed by atoms with Crippen molar-refractivity contribution in [1.82, 2.24) is 29.2 Å². The molecule has 466 valence electrons. The van der Waals surface area contributed by atoms with E-state index in [9.17, 15) is 38.8 Å². The van der Waals surface area contributed by atoms with E-state index in [0.29, 0.717) is 16.7 Å². The molecule has 1 unspecified atom stereocenters. The average Bonchev–Trinajstić information content (AvgIpc) is 1.78. The van der Waals surface area contributed by atoms with E-state index in [-0.39, 0.29) is 102 Å². The third kappa shape index (κ3) is 14.7. The fourth-order valence-corrected chi connectivity index (χ4v) is 12.1. The van der Waals surface area contributed by atoms with Gasteiger partial charge < -0.3 is 59.3 Å². The van der Waals surface area contributed by atoms with Gasteiger partial charge in [0.05, 0.1) is 31.2 Å². The first-order chi connectivity index (χ1) is 42.9. The van der Waals surface area contributed by atoms with Crippen molar-refractivity contribution >= 4 is 64.6 Å². The van der Waals surface area contributed by atoms with E-state index >= 15 is 0 Å². The number of nitrogen functional groups attached to an aromatic ring is 2. The van der Waals surface area contributed by atoms with Crippen LogP contribution in [-0.2, 0) is 51.1 Å². The van der Waals surface area contributed by atoms with E-state index in [1.165, 1.54) is 101 Å². The van der Waals surface area contributed by atoms with Gasteiger partial charge in [-0.3, -0.25) is 32.7 Å². The summed E-state index contributed by atoms with van der Waals surface area (Å²) in [6.45, 7) is 21.1. The van der Waals surface area contributed by atoms with E-state index < -0.39 is 94.8 Å². The van der Waals surface area contributed by atoms with Crippen LogP contribution in [0.25, 0.3) is 20.7 Å². The molecule has 4 aliphatic rings. The molecule has 0 bridgehead atoms. The molecular weight excluding hydrogens is 1430 g/mol. The number of nitrogens with zero attached hydrogens (tertiary/aromatic N) is 8. The van der Waals surface area contributed by atoms with Crippen LogP contribution < -0.4 is 25.0 Å². The van der Waals surface area contributed by atoms with Gasteiger partial charge in [-0.1, -0.05) is 36.4 Å². The van der Waals surface area contributed by atoms with Crippen molar-refractivity contribution in [2.75, 3.05) is 57.7 Å². The number of nitrogens with two attached hydrogens (primary N) is 2. The summed E-state index contributed by atoms with van der Waals surface area (Å²) in [5, 5.41) is 41.5. The first-order valence-electron chi connectivity index (χ1n) is 27.4. The maximum Gasteiger partial charge on any atom is 0.588 e. The topological polar surface area (TPSA) is 378 Å². The molecule has 30 nitrogen and oxygen atoms in total. The summed E-state index contributed by atoms with van der Waals surface area (Å²) in [6.07, 6.45) is -3.86. The van der Waals surface area contributed by atoms with Crippen molar-refractivity contribution in [3.05, 3.63) is 161 Å². The van der Waals surface area contributed by atoms with Crippen LogP contribution in [0.15, 0.2) is 110 Å². The molecule has 89 heavy (non-hydrogen) atoms. The van der Waals surface area contributed by atoms with Crippen LogP contribution in [-0.4, -0.2) is 154 Å². The van der Waals surface area contributed by atoms with Crippen LogP contribution in [0, 0.1) is 44.3 Å². The number of anilines is 2. The number of aliphatic hydroxyl groups is 3. The van der Waals surface area contributed by atoms with Crippen LogP contribution in [0.3, 0.4) is 0 Å². The second kappa shape index (κ2) is 29.9. The molecule has 4 aromatic heterocycles. The molecule has 8 heterocycles. The molecular formula is C55H59BN10O20P2U. The van der Waals surface area contributed by atoms with Gasteiger partial charge in [-0.2, -0.15) is 10.2 Å². The van der Waals surface area contributed by atoms with Crippen LogP contribution in [0.5, 0.6) is 17.2 Å². The van der Waals surface area contributed by atoms with Gasteiger partial charge in [0, 0.05) is 52.7 Å². The molecule has 11 rings (SSSR count). The molecule has 0 saturated carbocycles. The molecule has 0 spiro atoms. The predicted octanol–water partition coefficient (Wildman–Crippen LogP) is 5.64. The smallest absolute Gasteiger partial charge is 0.462 e. The standard InChI is InChI=1S/C30H30N5O11P.C21H20N5O8P.C4H8O.BH.U/c1-4-41-28(38)18-10-6-8-12-22(18)45-47(40,46-23-13-9-7-11-19(23)29(39)42-5-2)43-16-30(32-3)26(37)24(36)25(44-30)20-14-15-21-27(31)33-17-34-35(20)21;1-3-30-20(28)12-6-4-5-7-15(12)33-35(29)31-10-21(23-2)18(34-35)16(27)17(32-21)13-8-9-14-19(22)24-11-25-26(13)14;1-2-4-5-3-1;;/h6-15,17,24-26,36-37H,4-5,16H2,1-2H3,(H2,31,33,34);4-9,11,16-18,27H,3,10H2,1H3,(H2,22,24,25);1-4H2;1H;/t24-,25-,26-,30+;16-,17-,18-,21+,35?;;;/m00.../s1/i;;;1D;. The Hall–Kier alpha value is -7.49. The predicted molar refractivity (Wildman–Crippen MR) is 307 cm³/mol. The number of phosphoric ester groups is 2. The summed E-state index contributed by atoms with van der Waals surface area (Å²) in [7, 11) is -5.63. The van der Waals surface area contributed by atoms with Crippen molar-refractivity contribution in [1.29, 1.82) is 1.34 Å². The fraction of sp³-hybridized carbons (Fsp3) is 0.364. The zero-order valence-corrected chi connectivity index (χ0v) is 53.7. The van der Waals surface area contributed by atoms with E-state index in [1.807, 2.05) is 0 Å². The molecule has 0 amide bonds. The number of phosphoric acid groups is 2. The number of ether oxygens (including phenoxy) is 6. The number of carbonyl (C=O) groups excluding carboxylic acids is 3. The van der Waals surface area contributed by atoms with Crippen molar-refractivity contribution in [3.8, 4) is 17.2 Å². The molecule has 4 fully saturated rings. The monoisotopic (exact) mass is 1490 g/mol. The number of hydrogen-bond donors (Lipinski definition) is 5. The van der Waals surface area contributed by atoms with Gasteiger partial charge in [-0.05, 0) is 95.6 Å². The van der Waals surface area contributed by atoms with Gasteiger partial charge in [-0.25, -0.2) is 55.7 Å². The molecule has 7 N–H and O–H groups in total. The molecule has 7 aromatic rings. The second-order valence-electron chi connectivity index (χ2n) is 19.0. The number of rotatable bonds is 17. The third-order valence-corrected chi connectivity index (χ3v) is 16.2. The number of hydrogen-bond acceptors (Lipinski definition) is 26. The van der Waals surface area contributed by atoms with Crippen molar-refractivity contribution in [2.24, 2.45) is 0 Å². The second-order valence-corrected chi connectivity index (χ2v) is 22.1. The van der Waals surface area contributed by atoms with Crippen LogP contribution in [0.4, 0.5) is 11.6 Å². The minimum Gasteiger partial charge on any atom is -0.462 e. The van der Waals surface area contributed by atoms with Gasteiger partial charge in [0.2, 0.25) is 6.10 Å². The molecule has 4 aliphatic heterocycles. The number of carbonyl (C=O) groups is 3. The Balaban J connectivity index is 0.000000236. The van der Waals surface area contributed by atoms with E-state index in [2.05, 4.69) is 38.2 Å². The number of benzene rings is 3. The molecule has 9 atom stereocenters. The molecule has 2 radical (unpaired) electrons. The minimum atomic E-state index is -4.99. The third-order valence-electron chi connectivity index (χ3n) is 13.5. The molecule has 3 aromatic carbocycles. The summed E-state index contributed by atoms with van der Waals surface area (Å²) < 4.78 is 101. The summed E-state index contributed by atoms with van der Waals surface area (Å²) >= 11 is 0. The van der Waals surface area contributed by atoms with Crippen molar-refractivity contribution < 1.29 is 126 Å². The zero-order valence-electron chi connectivity index (χ0n) is 48.7. The summed E-state index contributed by atoms with van der Waals surface area (Å²) in [4.78, 5) is 52.3. The van der Waals surface area contributed by atoms with Crippen LogP contribution in [0.2, 0.25) is 0 Å². The normalized spacial score (nSPS) is 24.2. The Labute approximate surface area is 535 Å². The van der Waals surface area contributed by atoms with E-state index in [4.69, 9.17) is 81.5 Å². The van der Waals surface area contributed by atoms with Crippen molar-refractivity contribution in [3.63, 3.8) is 0 Å². The summed E-state index contributed by atoms with van der Waals surface area (Å²) in [5.41, 5.74) is 8.87. The maximum absolute atomic E-state index is 14.4. The van der Waals surface area contributed by atoms with Gasteiger partial charge >= 0.3 is 45.0 Å². The van der Waals surface area contributed by atoms with Gasteiger partial charge in [-0.15, -0.1) is 0 Å². The maximum atomic E-state index is 14.4. The Morgan fingerprint density at radius 3 is 1.63 bits per heavy atom. The fourth-order valence-electron chi connectivity index (χ4n) is 9.32. The summed E-state index contributed by atoms with van der Waals surface area (Å²) in [5.74, 6) is -2.58. The number of aromatic nitrogens is 6. The SMILES string of the molecule is C1CCOC1.[2H][B].[C-]#[N+][C@@]12COP(=O)(Oc3ccccc3C(=O)OCC)O[C@H]1[C@@H](O)[C@H](c1ccc3c(N)ncnn13)O2.[C-]#[N+][C@]1(COP(=O)(Oc2ccccc2C(=O)OCC)Oc2ccccc2C(=O)OCC)O[C@@H](c2ccc3c(N)ncnn23)[C@H](O)[C@@H]1O.[U]. The molecule has 0 aliphatic carbocycles. The van der Waals surface area contributed by atoms with Gasteiger partial charge in [0.25, 0.3) is 0 Å². The van der Waals surface area contributed by atoms with E-state index in [0.717, 1.165) is 13.2 Å². The largest absolute Gasteiger partial charge is 0.588 e. The Kier molecular flexibility index (Phi) is 22.6. The zero-order chi connectivity index (χ0) is 64.1. The van der Waals surface area contributed by atoms with Gasteiger partial charge in [0.15, 0.2) is 31.0 Å². The Bertz CT molecular complexity index is 3780. The molecule has 34 heteroatoms. The first-order valence-corrected chi connectivity index (χ1v) is 29.7. The number of fused-ring (bicyclic) bond motifs is 3.